The van der Waals surface area contributed by atoms with E-state index in [1.165, 1.54) is 44.1 Å². The zero-order valence-corrected chi connectivity index (χ0v) is 21.8. The maximum Gasteiger partial charge on any atom is 0.123 e. The molecule has 0 aromatic heterocycles. The molecule has 33 heavy (non-hydrogen) atoms. The number of benzene rings is 1. The number of phenolic OH excluding ortho intramolecular Hbond substituents is 1. The van der Waals surface area contributed by atoms with E-state index in [0.29, 0.717) is 36.3 Å². The van der Waals surface area contributed by atoms with E-state index in [1.54, 1.807) is 0 Å². The second-order valence-electron chi connectivity index (χ2n) is 12.7. The minimum absolute atomic E-state index is 0.0498. The molecule has 4 rings (SSSR count). The maximum atomic E-state index is 11.1. The van der Waals surface area contributed by atoms with Crippen molar-refractivity contribution < 1.29 is 19.3 Å². The van der Waals surface area contributed by atoms with Gasteiger partial charge in [-0.1, -0.05) is 79.4 Å². The Labute approximate surface area is 201 Å². The molecule has 0 spiro atoms. The molecule has 3 aliphatic heterocycles. The topological polar surface area (TPSA) is 57.8 Å². The summed E-state index contributed by atoms with van der Waals surface area (Å²) < 4.78 is 16.9. The van der Waals surface area contributed by atoms with E-state index < -0.39 is 0 Å². The molecule has 3 saturated heterocycles. The molecule has 0 amide bonds. The minimum atomic E-state index is -0.0569. The summed E-state index contributed by atoms with van der Waals surface area (Å²) in [5.74, 6) is 0.510. The van der Waals surface area contributed by atoms with Crippen LogP contribution in [0.25, 0.3) is 0 Å². The van der Waals surface area contributed by atoms with Gasteiger partial charge in [0.2, 0.25) is 0 Å². The Morgan fingerprint density at radius 1 is 0.788 bits per heavy atom. The first-order valence-corrected chi connectivity index (χ1v) is 13.3. The molecule has 0 saturated carbocycles. The molecule has 186 valence electrons. The second kappa shape index (κ2) is 9.87. The van der Waals surface area contributed by atoms with Gasteiger partial charge in [0.25, 0.3) is 0 Å². The highest BCUT2D eigenvalue weighted by Gasteiger charge is 2.49. The zero-order valence-electron chi connectivity index (χ0n) is 21.8. The molecule has 1 aromatic carbocycles. The number of unbranched alkanes of at least 4 members (excludes halogenated alkanes) is 4. The third-order valence-electron chi connectivity index (χ3n) is 7.49. The predicted molar refractivity (Wildman–Crippen MR) is 133 cm³/mol. The van der Waals surface area contributed by atoms with Crippen LogP contribution in [0.4, 0.5) is 0 Å². The lowest BCUT2D eigenvalue weighted by Gasteiger charge is -2.29. The summed E-state index contributed by atoms with van der Waals surface area (Å²) in [6.45, 7) is 14.1. The molecule has 0 bridgehead atoms. The summed E-state index contributed by atoms with van der Waals surface area (Å²) in [5, 5.41) is 11.1. The molecular weight excluding hydrogens is 412 g/mol. The number of rotatable bonds is 12. The fraction of sp³-hybridized carbons (Fsp3) is 0.793. The summed E-state index contributed by atoms with van der Waals surface area (Å²) >= 11 is 0. The van der Waals surface area contributed by atoms with Gasteiger partial charge in [0.15, 0.2) is 0 Å². The van der Waals surface area contributed by atoms with Crippen LogP contribution >= 0.6 is 0 Å². The van der Waals surface area contributed by atoms with Gasteiger partial charge in [-0.05, 0) is 41.2 Å². The van der Waals surface area contributed by atoms with Gasteiger partial charge < -0.3 is 19.3 Å². The van der Waals surface area contributed by atoms with Gasteiger partial charge in [-0.2, -0.15) is 0 Å². The van der Waals surface area contributed by atoms with E-state index in [9.17, 15) is 5.11 Å². The lowest BCUT2D eigenvalue weighted by molar-refractivity contribution is 0.311. The predicted octanol–water partition coefficient (Wildman–Crippen LogP) is 6.58. The molecule has 3 fully saturated rings. The number of aryl methyl sites for hydroxylation is 1. The van der Waals surface area contributed by atoms with E-state index in [2.05, 4.69) is 53.7 Å². The van der Waals surface area contributed by atoms with Crippen molar-refractivity contribution in [3.05, 3.63) is 28.8 Å². The normalized spacial score (nSPS) is 28.7. The molecular formula is C29H46O4. The number of hydrogen-bond acceptors (Lipinski definition) is 4. The summed E-state index contributed by atoms with van der Waals surface area (Å²) in [7, 11) is 0. The second-order valence-corrected chi connectivity index (χ2v) is 12.7. The van der Waals surface area contributed by atoms with Crippen LogP contribution < -0.4 is 0 Å². The Morgan fingerprint density at radius 3 is 2.06 bits per heavy atom. The number of epoxide rings is 3. The van der Waals surface area contributed by atoms with E-state index in [0.717, 1.165) is 37.0 Å². The first-order valence-electron chi connectivity index (χ1n) is 13.3. The Kier molecular flexibility index (Phi) is 7.48. The van der Waals surface area contributed by atoms with Crippen molar-refractivity contribution in [3.63, 3.8) is 0 Å². The first-order chi connectivity index (χ1) is 15.5. The smallest absolute Gasteiger partial charge is 0.123 e. The molecule has 1 aromatic rings. The SMILES string of the molecule is CC(C)(C)c1ccc(CCCCCCCC2OC2CC2OC2CC2CO2)c(C(C)(C)C)c1O. The van der Waals surface area contributed by atoms with Gasteiger partial charge in [-0.3, -0.25) is 0 Å². The van der Waals surface area contributed by atoms with Crippen LogP contribution in [-0.4, -0.2) is 42.2 Å². The van der Waals surface area contributed by atoms with Crippen LogP contribution in [-0.2, 0) is 31.5 Å². The molecule has 0 aliphatic carbocycles. The summed E-state index contributed by atoms with van der Waals surface area (Å²) in [6, 6.07) is 4.40. The van der Waals surface area contributed by atoms with Crippen LogP contribution in [0.5, 0.6) is 5.75 Å². The van der Waals surface area contributed by atoms with Crippen molar-refractivity contribution in [1.82, 2.24) is 0 Å². The lowest BCUT2D eigenvalue weighted by atomic mass is 9.76. The van der Waals surface area contributed by atoms with Gasteiger partial charge in [0.1, 0.15) is 5.75 Å². The number of aromatic hydroxyl groups is 1. The van der Waals surface area contributed by atoms with Crippen molar-refractivity contribution in [2.45, 2.75) is 141 Å². The summed E-state index contributed by atoms with van der Waals surface area (Å²) in [4.78, 5) is 0. The molecule has 5 unspecified atom stereocenters. The highest BCUT2D eigenvalue weighted by atomic mass is 16.6. The summed E-state index contributed by atoms with van der Waals surface area (Å²) in [6.07, 6.45) is 12.9. The third-order valence-corrected chi connectivity index (χ3v) is 7.49. The fourth-order valence-electron chi connectivity index (χ4n) is 5.40. The van der Waals surface area contributed by atoms with Crippen molar-refractivity contribution in [3.8, 4) is 5.75 Å². The van der Waals surface area contributed by atoms with Crippen LogP contribution in [0.3, 0.4) is 0 Å². The molecule has 3 aliphatic rings. The number of ether oxygens (including phenoxy) is 3. The standard InChI is InChI=1S/C29H46O4/c1-28(2,3)21-15-14-19(26(27(21)30)29(4,5)6)12-10-8-7-9-11-13-22-24(32-22)17-25-23(33-25)16-20-18-31-20/h14-15,20,22-25,30H,7-13,16-18H2,1-6H3. The Morgan fingerprint density at radius 2 is 1.39 bits per heavy atom. The van der Waals surface area contributed by atoms with Gasteiger partial charge >= 0.3 is 0 Å². The van der Waals surface area contributed by atoms with E-state index in [4.69, 9.17) is 14.2 Å². The lowest BCUT2D eigenvalue weighted by Crippen LogP contribution is -2.19. The summed E-state index contributed by atoms with van der Waals surface area (Å²) in [5.41, 5.74) is 3.40. The largest absolute Gasteiger partial charge is 0.507 e. The molecule has 5 atom stereocenters. The van der Waals surface area contributed by atoms with Gasteiger partial charge in [0, 0.05) is 18.4 Å². The molecule has 1 N–H and O–H groups in total. The van der Waals surface area contributed by atoms with E-state index in [-0.39, 0.29) is 10.8 Å². The Balaban J connectivity index is 1.11. The molecule has 3 heterocycles. The third kappa shape index (κ3) is 6.96. The highest BCUT2D eigenvalue weighted by Crippen LogP contribution is 2.42. The molecule has 0 radical (unpaired) electrons. The Bertz CT molecular complexity index is 799. The van der Waals surface area contributed by atoms with Gasteiger partial charge in [-0.25, -0.2) is 0 Å². The quantitative estimate of drug-likeness (QED) is 0.284. The van der Waals surface area contributed by atoms with Gasteiger partial charge in [0.05, 0.1) is 37.1 Å². The minimum Gasteiger partial charge on any atom is -0.507 e. The zero-order chi connectivity index (χ0) is 23.8. The van der Waals surface area contributed by atoms with Crippen molar-refractivity contribution in [1.29, 1.82) is 0 Å². The average molecular weight is 459 g/mol. The van der Waals surface area contributed by atoms with Crippen LogP contribution in [0.15, 0.2) is 12.1 Å². The van der Waals surface area contributed by atoms with Crippen LogP contribution in [0, 0.1) is 0 Å². The maximum absolute atomic E-state index is 11.1. The first kappa shape index (κ1) is 25.0. The van der Waals surface area contributed by atoms with Crippen molar-refractivity contribution in [2.24, 2.45) is 0 Å². The van der Waals surface area contributed by atoms with Crippen molar-refractivity contribution >= 4 is 0 Å². The highest BCUT2D eigenvalue weighted by molar-refractivity contribution is 5.51. The molecule has 4 nitrogen and oxygen atoms in total. The monoisotopic (exact) mass is 458 g/mol. The van der Waals surface area contributed by atoms with Gasteiger partial charge in [-0.15, -0.1) is 0 Å². The fourth-order valence-corrected chi connectivity index (χ4v) is 5.40. The Hall–Kier alpha value is -1.10. The molecule has 4 heteroatoms. The van der Waals surface area contributed by atoms with Crippen molar-refractivity contribution in [2.75, 3.05) is 6.61 Å². The number of phenols is 1. The number of hydrogen-bond donors (Lipinski definition) is 1. The van der Waals surface area contributed by atoms with E-state index >= 15 is 0 Å². The van der Waals surface area contributed by atoms with E-state index in [1.807, 2.05) is 0 Å². The average Bonchev–Trinajstić information content (AvgIpc) is 3.58. The van der Waals surface area contributed by atoms with Crippen LogP contribution in [0.2, 0.25) is 0 Å². The van der Waals surface area contributed by atoms with Crippen LogP contribution in [0.1, 0.15) is 110 Å².